The molecule has 3 nitrogen and oxygen atoms in total. The van der Waals surface area contributed by atoms with E-state index >= 15 is 0 Å². The van der Waals surface area contributed by atoms with Crippen molar-refractivity contribution in [1.82, 2.24) is 9.80 Å². The Labute approximate surface area is 142 Å². The van der Waals surface area contributed by atoms with Gasteiger partial charge >= 0.3 is 0 Å². The highest BCUT2D eigenvalue weighted by Gasteiger charge is 2.19. The molecule has 0 aliphatic carbocycles. The van der Waals surface area contributed by atoms with Crippen molar-refractivity contribution in [3.8, 4) is 5.75 Å². The predicted molar refractivity (Wildman–Crippen MR) is 98.5 cm³/mol. The Hall–Kier alpha value is -1.06. The normalized spacial score (nSPS) is 17.4. The topological polar surface area (TPSA) is 15.7 Å². The molecule has 0 bridgehead atoms. The molecule has 130 valence electrons. The molecule has 0 unspecified atom stereocenters. The zero-order valence-corrected chi connectivity index (χ0v) is 15.7. The van der Waals surface area contributed by atoms with E-state index in [9.17, 15) is 0 Å². The molecule has 1 aliphatic rings. The molecule has 0 amide bonds. The maximum Gasteiger partial charge on any atom is 0.123 e. The molecule has 23 heavy (non-hydrogen) atoms. The summed E-state index contributed by atoms with van der Waals surface area (Å²) in [4.78, 5) is 4.98. The number of piperazine rings is 1. The van der Waals surface area contributed by atoms with E-state index in [1.807, 2.05) is 0 Å². The Morgan fingerprint density at radius 3 is 2.39 bits per heavy atom. The Morgan fingerprint density at radius 1 is 1.04 bits per heavy atom. The Morgan fingerprint density at radius 2 is 1.74 bits per heavy atom. The SMILES string of the molecule is Cc1ccc(C(C)(C)C)c(OCCCCN2CCN(C)CC2)c1. The largest absolute Gasteiger partial charge is 0.493 e. The van der Waals surface area contributed by atoms with Crippen LogP contribution in [0.3, 0.4) is 0 Å². The number of ether oxygens (including phenoxy) is 1. The van der Waals surface area contributed by atoms with Gasteiger partial charge in [0.05, 0.1) is 6.61 Å². The first-order valence-electron chi connectivity index (χ1n) is 9.01. The van der Waals surface area contributed by atoms with Crippen LogP contribution in [0.15, 0.2) is 18.2 Å². The van der Waals surface area contributed by atoms with Gasteiger partial charge in [0, 0.05) is 26.2 Å². The summed E-state index contributed by atoms with van der Waals surface area (Å²) in [5.74, 6) is 1.07. The minimum absolute atomic E-state index is 0.128. The summed E-state index contributed by atoms with van der Waals surface area (Å²) in [6.45, 7) is 15.7. The maximum atomic E-state index is 6.12. The van der Waals surface area contributed by atoms with Crippen molar-refractivity contribution in [1.29, 1.82) is 0 Å². The van der Waals surface area contributed by atoms with E-state index in [0.29, 0.717) is 0 Å². The van der Waals surface area contributed by atoms with Gasteiger partial charge in [-0.25, -0.2) is 0 Å². The van der Waals surface area contributed by atoms with Gasteiger partial charge < -0.3 is 14.5 Å². The summed E-state index contributed by atoms with van der Waals surface area (Å²) in [5, 5.41) is 0. The molecule has 3 heteroatoms. The second kappa shape index (κ2) is 8.16. The lowest BCUT2D eigenvalue weighted by Crippen LogP contribution is -2.44. The first-order chi connectivity index (χ1) is 10.9. The lowest BCUT2D eigenvalue weighted by Gasteiger charge is -2.32. The molecule has 1 saturated heterocycles. The molecule has 1 fully saturated rings. The average Bonchev–Trinajstić information content (AvgIpc) is 2.47. The number of likely N-dealkylation sites (N-methyl/N-ethyl adjacent to an activating group) is 1. The molecule has 0 N–H and O–H groups in total. The van der Waals surface area contributed by atoms with Gasteiger partial charge in [-0.2, -0.15) is 0 Å². The van der Waals surface area contributed by atoms with Gasteiger partial charge in [-0.1, -0.05) is 32.9 Å². The van der Waals surface area contributed by atoms with Crippen LogP contribution in [0.1, 0.15) is 44.7 Å². The molecule has 2 rings (SSSR count). The summed E-state index contributed by atoms with van der Waals surface area (Å²) in [7, 11) is 2.21. The van der Waals surface area contributed by atoms with E-state index in [0.717, 1.165) is 18.8 Å². The minimum atomic E-state index is 0.128. The molecule has 1 aromatic carbocycles. The second-order valence-corrected chi connectivity index (χ2v) is 7.95. The fraction of sp³-hybridized carbons (Fsp3) is 0.700. The number of hydrogen-bond acceptors (Lipinski definition) is 3. The maximum absolute atomic E-state index is 6.12. The fourth-order valence-electron chi connectivity index (χ4n) is 3.06. The molecule has 0 saturated carbocycles. The van der Waals surface area contributed by atoms with Gasteiger partial charge in [-0.15, -0.1) is 0 Å². The van der Waals surface area contributed by atoms with Gasteiger partial charge in [0.2, 0.25) is 0 Å². The van der Waals surface area contributed by atoms with Crippen molar-refractivity contribution in [3.05, 3.63) is 29.3 Å². The van der Waals surface area contributed by atoms with Crippen LogP contribution >= 0.6 is 0 Å². The molecule has 1 heterocycles. The van der Waals surface area contributed by atoms with E-state index in [1.54, 1.807) is 0 Å². The lowest BCUT2D eigenvalue weighted by molar-refractivity contribution is 0.149. The van der Waals surface area contributed by atoms with Crippen LogP contribution in [0.5, 0.6) is 5.75 Å². The second-order valence-electron chi connectivity index (χ2n) is 7.95. The third-order valence-electron chi connectivity index (χ3n) is 4.67. The van der Waals surface area contributed by atoms with Crippen LogP contribution in [0.4, 0.5) is 0 Å². The van der Waals surface area contributed by atoms with Crippen molar-refractivity contribution in [2.45, 2.75) is 46.0 Å². The summed E-state index contributed by atoms with van der Waals surface area (Å²) < 4.78 is 6.12. The van der Waals surface area contributed by atoms with Gasteiger partial charge in [-0.3, -0.25) is 0 Å². The van der Waals surface area contributed by atoms with E-state index in [2.05, 4.69) is 62.7 Å². The first kappa shape index (κ1) is 18.3. The van der Waals surface area contributed by atoms with Crippen molar-refractivity contribution < 1.29 is 4.74 Å². The third kappa shape index (κ3) is 5.82. The van der Waals surface area contributed by atoms with Crippen LogP contribution in [-0.2, 0) is 5.41 Å². The third-order valence-corrected chi connectivity index (χ3v) is 4.67. The average molecular weight is 319 g/mol. The smallest absolute Gasteiger partial charge is 0.123 e. The van der Waals surface area contributed by atoms with Crippen molar-refractivity contribution in [2.75, 3.05) is 46.4 Å². The number of nitrogens with zero attached hydrogens (tertiary/aromatic N) is 2. The van der Waals surface area contributed by atoms with Crippen LogP contribution in [-0.4, -0.2) is 56.2 Å². The summed E-state index contributed by atoms with van der Waals surface area (Å²) >= 11 is 0. The van der Waals surface area contributed by atoms with Crippen LogP contribution in [0.25, 0.3) is 0 Å². The Bertz CT molecular complexity index is 485. The summed E-state index contributed by atoms with van der Waals surface area (Å²) in [5.41, 5.74) is 2.70. The minimum Gasteiger partial charge on any atom is -0.493 e. The monoisotopic (exact) mass is 318 g/mol. The molecule has 1 aliphatic heterocycles. The molecule has 0 spiro atoms. The molecular formula is C20H34N2O. The van der Waals surface area contributed by atoms with Gasteiger partial charge in [0.15, 0.2) is 0 Å². The number of aryl methyl sites for hydroxylation is 1. The molecule has 0 atom stereocenters. The molecule has 1 aromatic rings. The molecule has 0 aromatic heterocycles. The number of rotatable bonds is 6. The Balaban J connectivity index is 1.75. The van der Waals surface area contributed by atoms with E-state index < -0.39 is 0 Å². The number of unbranched alkanes of at least 4 members (excludes halogenated alkanes) is 1. The van der Waals surface area contributed by atoms with Crippen molar-refractivity contribution in [2.24, 2.45) is 0 Å². The lowest BCUT2D eigenvalue weighted by atomic mass is 9.86. The van der Waals surface area contributed by atoms with E-state index in [-0.39, 0.29) is 5.41 Å². The highest BCUT2D eigenvalue weighted by atomic mass is 16.5. The fourth-order valence-corrected chi connectivity index (χ4v) is 3.06. The Kier molecular flexibility index (Phi) is 6.49. The van der Waals surface area contributed by atoms with Crippen LogP contribution in [0, 0.1) is 6.92 Å². The van der Waals surface area contributed by atoms with Crippen LogP contribution < -0.4 is 4.74 Å². The molecular weight excluding hydrogens is 284 g/mol. The predicted octanol–water partition coefficient (Wildman–Crippen LogP) is 3.70. The summed E-state index contributed by atoms with van der Waals surface area (Å²) in [6, 6.07) is 6.58. The standard InChI is InChI=1S/C20H34N2O/c1-17-8-9-18(20(2,3)4)19(16-17)23-15-7-6-10-22-13-11-21(5)12-14-22/h8-9,16H,6-7,10-15H2,1-5H3. The quantitative estimate of drug-likeness (QED) is 0.744. The summed E-state index contributed by atoms with van der Waals surface area (Å²) in [6.07, 6.45) is 2.35. The van der Waals surface area contributed by atoms with Gasteiger partial charge in [0.1, 0.15) is 5.75 Å². The zero-order chi connectivity index (χ0) is 16.9. The number of benzene rings is 1. The van der Waals surface area contributed by atoms with Gasteiger partial charge in [-0.05, 0) is 56.0 Å². The van der Waals surface area contributed by atoms with E-state index in [1.165, 1.54) is 50.3 Å². The highest BCUT2D eigenvalue weighted by molar-refractivity contribution is 5.41. The van der Waals surface area contributed by atoms with Crippen LogP contribution in [0.2, 0.25) is 0 Å². The first-order valence-corrected chi connectivity index (χ1v) is 9.01. The van der Waals surface area contributed by atoms with Gasteiger partial charge in [0.25, 0.3) is 0 Å². The zero-order valence-electron chi connectivity index (χ0n) is 15.7. The molecule has 0 radical (unpaired) electrons. The highest BCUT2D eigenvalue weighted by Crippen LogP contribution is 2.32. The number of hydrogen-bond donors (Lipinski definition) is 0. The van der Waals surface area contributed by atoms with Crippen molar-refractivity contribution >= 4 is 0 Å². The van der Waals surface area contributed by atoms with E-state index in [4.69, 9.17) is 4.74 Å². The van der Waals surface area contributed by atoms with Crippen molar-refractivity contribution in [3.63, 3.8) is 0 Å².